The molecule has 0 spiro atoms. The van der Waals surface area contributed by atoms with Crippen molar-refractivity contribution in [3.05, 3.63) is 22.4 Å². The molecule has 0 fully saturated rings. The normalized spacial score (nSPS) is 14.2. The van der Waals surface area contributed by atoms with Crippen molar-refractivity contribution in [2.45, 2.75) is 38.1 Å². The smallest absolute Gasteiger partial charge is 0.242 e. The lowest BCUT2D eigenvalue weighted by atomic mass is 9.86. The number of nitrogen functional groups attached to an aromatic ring is 1. The summed E-state index contributed by atoms with van der Waals surface area (Å²) in [4.78, 5) is -0.131. The van der Waals surface area contributed by atoms with E-state index in [9.17, 15) is 12.8 Å². The number of benzene rings is 1. The van der Waals surface area contributed by atoms with Gasteiger partial charge in [-0.25, -0.2) is 17.5 Å². The van der Waals surface area contributed by atoms with Gasteiger partial charge in [-0.3, -0.25) is 0 Å². The van der Waals surface area contributed by atoms with Crippen molar-refractivity contribution in [1.29, 1.82) is 0 Å². The fourth-order valence-corrected chi connectivity index (χ4v) is 4.32. The van der Waals surface area contributed by atoms with E-state index in [-0.39, 0.29) is 33.5 Å². The van der Waals surface area contributed by atoms with Gasteiger partial charge in [-0.05, 0) is 39.9 Å². The molecule has 0 heterocycles. The van der Waals surface area contributed by atoms with Gasteiger partial charge in [0.15, 0.2) is 0 Å². The third-order valence-electron chi connectivity index (χ3n) is 3.10. The Labute approximate surface area is 132 Å². The van der Waals surface area contributed by atoms with Crippen molar-refractivity contribution in [2.24, 2.45) is 5.41 Å². The number of hydrogen-bond acceptors (Lipinski definition) is 4. The fraction of sp³-hybridized carbons (Fsp3) is 0.538. The van der Waals surface area contributed by atoms with Gasteiger partial charge in [0.05, 0.1) is 10.6 Å². The largest absolute Gasteiger partial charge is 0.396 e. The van der Waals surface area contributed by atoms with E-state index in [0.29, 0.717) is 0 Å². The van der Waals surface area contributed by atoms with Crippen LogP contribution >= 0.6 is 15.9 Å². The van der Waals surface area contributed by atoms with Crippen LogP contribution in [0.1, 0.15) is 27.2 Å². The summed E-state index contributed by atoms with van der Waals surface area (Å²) in [6.45, 7) is 5.45. The van der Waals surface area contributed by atoms with Crippen LogP contribution in [-0.2, 0) is 10.0 Å². The molecule has 5 nitrogen and oxygen atoms in total. The number of anilines is 1. The maximum atomic E-state index is 13.3. The van der Waals surface area contributed by atoms with E-state index < -0.39 is 21.9 Å². The molecule has 0 saturated carbocycles. The van der Waals surface area contributed by atoms with Gasteiger partial charge >= 0.3 is 0 Å². The van der Waals surface area contributed by atoms with Gasteiger partial charge < -0.3 is 10.8 Å². The Morgan fingerprint density at radius 2 is 2.00 bits per heavy atom. The summed E-state index contributed by atoms with van der Waals surface area (Å²) in [7, 11) is -3.89. The molecule has 8 heteroatoms. The van der Waals surface area contributed by atoms with Gasteiger partial charge in [0.2, 0.25) is 10.0 Å². The molecule has 1 aromatic carbocycles. The Morgan fingerprint density at radius 1 is 1.43 bits per heavy atom. The average Bonchev–Trinajstić information content (AvgIpc) is 2.31. The second kappa shape index (κ2) is 6.60. The molecule has 0 radical (unpaired) electrons. The monoisotopic (exact) mass is 382 g/mol. The zero-order valence-corrected chi connectivity index (χ0v) is 14.6. The first-order valence-electron chi connectivity index (χ1n) is 6.36. The topological polar surface area (TPSA) is 92.4 Å². The maximum absolute atomic E-state index is 13.3. The highest BCUT2D eigenvalue weighted by Gasteiger charge is 2.30. The van der Waals surface area contributed by atoms with E-state index in [0.717, 1.165) is 12.1 Å². The Morgan fingerprint density at radius 3 is 2.48 bits per heavy atom. The molecular weight excluding hydrogens is 363 g/mol. The fourth-order valence-electron chi connectivity index (χ4n) is 1.80. The number of rotatable bonds is 5. The molecule has 0 aliphatic carbocycles. The minimum Gasteiger partial charge on any atom is -0.396 e. The second-order valence-corrected chi connectivity index (χ2v) is 8.39. The SMILES string of the molecule is CC(C)(C)C(CCO)NS(=O)(=O)c1cc(N)c(F)cc1Br. The van der Waals surface area contributed by atoms with Crippen LogP contribution in [0.25, 0.3) is 0 Å². The van der Waals surface area contributed by atoms with Gasteiger partial charge in [0, 0.05) is 17.1 Å². The zero-order chi connectivity index (χ0) is 16.4. The van der Waals surface area contributed by atoms with Crippen LogP contribution in [0.5, 0.6) is 0 Å². The molecule has 21 heavy (non-hydrogen) atoms. The van der Waals surface area contributed by atoms with Crippen molar-refractivity contribution in [2.75, 3.05) is 12.3 Å². The molecule has 1 rings (SSSR count). The van der Waals surface area contributed by atoms with Crippen molar-refractivity contribution in [3.63, 3.8) is 0 Å². The summed E-state index contributed by atoms with van der Waals surface area (Å²) in [6.07, 6.45) is 0.275. The first kappa shape index (κ1) is 18.3. The van der Waals surface area contributed by atoms with E-state index in [1.165, 1.54) is 0 Å². The van der Waals surface area contributed by atoms with E-state index >= 15 is 0 Å². The van der Waals surface area contributed by atoms with Gasteiger partial charge in [-0.1, -0.05) is 20.8 Å². The number of sulfonamides is 1. The Hall–Kier alpha value is -0.700. The highest BCUT2D eigenvalue weighted by molar-refractivity contribution is 9.10. The van der Waals surface area contributed by atoms with E-state index in [2.05, 4.69) is 20.7 Å². The van der Waals surface area contributed by atoms with Crippen LogP contribution in [0.2, 0.25) is 0 Å². The van der Waals surface area contributed by atoms with Crippen LogP contribution in [0.15, 0.2) is 21.5 Å². The first-order valence-corrected chi connectivity index (χ1v) is 8.64. The van der Waals surface area contributed by atoms with Gasteiger partial charge in [-0.2, -0.15) is 0 Å². The predicted molar refractivity (Wildman–Crippen MR) is 83.8 cm³/mol. The van der Waals surface area contributed by atoms with Crippen molar-refractivity contribution in [3.8, 4) is 0 Å². The number of aliphatic hydroxyl groups excluding tert-OH is 1. The molecule has 0 aromatic heterocycles. The van der Waals surface area contributed by atoms with Crippen molar-refractivity contribution < 1.29 is 17.9 Å². The third kappa shape index (κ3) is 4.64. The van der Waals surface area contributed by atoms with Crippen LogP contribution in [0.4, 0.5) is 10.1 Å². The lowest BCUT2D eigenvalue weighted by Crippen LogP contribution is -2.44. The number of aliphatic hydroxyl groups is 1. The molecule has 0 aliphatic rings. The molecule has 0 saturated heterocycles. The second-order valence-electron chi connectivity index (χ2n) is 5.86. The molecule has 0 bridgehead atoms. The Balaban J connectivity index is 3.20. The molecule has 4 N–H and O–H groups in total. The number of nitrogens with one attached hydrogen (secondary N) is 1. The van der Waals surface area contributed by atoms with Gasteiger partial charge in [-0.15, -0.1) is 0 Å². The molecule has 1 atom stereocenters. The van der Waals surface area contributed by atoms with Crippen LogP contribution < -0.4 is 10.5 Å². The zero-order valence-electron chi connectivity index (χ0n) is 12.2. The van der Waals surface area contributed by atoms with Crippen molar-refractivity contribution in [1.82, 2.24) is 4.72 Å². The number of hydrogen-bond donors (Lipinski definition) is 3. The molecule has 0 amide bonds. The molecule has 120 valence electrons. The minimum atomic E-state index is -3.89. The summed E-state index contributed by atoms with van der Waals surface area (Å²) in [6, 6.07) is 1.62. The third-order valence-corrected chi connectivity index (χ3v) is 5.53. The minimum absolute atomic E-state index is 0.0957. The van der Waals surface area contributed by atoms with E-state index in [1.54, 1.807) is 0 Å². The van der Waals surface area contributed by atoms with Crippen LogP contribution in [-0.4, -0.2) is 26.2 Å². The molecular formula is C13H20BrFN2O3S. The molecule has 1 aromatic rings. The van der Waals surface area contributed by atoms with E-state index in [4.69, 9.17) is 10.8 Å². The molecule has 1 unspecified atom stereocenters. The highest BCUT2D eigenvalue weighted by Crippen LogP contribution is 2.29. The first-order chi connectivity index (χ1) is 9.49. The predicted octanol–water partition coefficient (Wildman–Crippen LogP) is 2.25. The van der Waals surface area contributed by atoms with Gasteiger partial charge in [0.1, 0.15) is 5.82 Å². The summed E-state index contributed by atoms with van der Waals surface area (Å²) in [5, 5.41) is 9.09. The Kier molecular flexibility index (Phi) is 5.76. The quantitative estimate of drug-likeness (QED) is 0.680. The summed E-state index contributed by atoms with van der Waals surface area (Å²) in [5.41, 5.74) is 4.81. The lowest BCUT2D eigenvalue weighted by Gasteiger charge is -2.31. The summed E-state index contributed by atoms with van der Waals surface area (Å²) in [5.74, 6) is -0.691. The highest BCUT2D eigenvalue weighted by atomic mass is 79.9. The number of halogens is 2. The summed E-state index contributed by atoms with van der Waals surface area (Å²) >= 11 is 3.03. The van der Waals surface area contributed by atoms with Crippen molar-refractivity contribution >= 4 is 31.6 Å². The maximum Gasteiger partial charge on any atom is 0.242 e. The average molecular weight is 383 g/mol. The lowest BCUT2D eigenvalue weighted by molar-refractivity contribution is 0.214. The summed E-state index contributed by atoms with van der Waals surface area (Å²) < 4.78 is 40.9. The van der Waals surface area contributed by atoms with E-state index in [1.807, 2.05) is 20.8 Å². The number of nitrogens with two attached hydrogens (primary N) is 1. The van der Waals surface area contributed by atoms with Gasteiger partial charge in [0.25, 0.3) is 0 Å². The standard InChI is InChI=1S/C13H20BrFN2O3S/c1-13(2,3)12(4-5-18)17-21(19,20)11-7-10(16)9(15)6-8(11)14/h6-7,12,17-18H,4-5,16H2,1-3H3. The van der Waals surface area contributed by atoms with Crippen LogP contribution in [0, 0.1) is 11.2 Å². The Bertz CT molecular complexity index is 615. The molecule has 0 aliphatic heterocycles. The van der Waals surface area contributed by atoms with Crippen LogP contribution in [0.3, 0.4) is 0 Å².